The minimum Gasteiger partial charge on any atom is -0.304 e. The van der Waals surface area contributed by atoms with Gasteiger partial charge in [-0.05, 0) is 34.5 Å². The van der Waals surface area contributed by atoms with Crippen LogP contribution in [0.5, 0.6) is 0 Å². The van der Waals surface area contributed by atoms with Gasteiger partial charge in [-0.25, -0.2) is 12.8 Å². The third-order valence-corrected chi connectivity index (χ3v) is 5.60. The van der Waals surface area contributed by atoms with Crippen LogP contribution in [0.2, 0.25) is 0 Å². The summed E-state index contributed by atoms with van der Waals surface area (Å²) in [6.07, 6.45) is 0.480. The largest absolute Gasteiger partial charge is 0.304 e. The van der Waals surface area contributed by atoms with Gasteiger partial charge in [-0.2, -0.15) is 0 Å². The van der Waals surface area contributed by atoms with Crippen LogP contribution in [0.4, 0.5) is 10.1 Å². The lowest BCUT2D eigenvalue weighted by molar-refractivity contribution is -0.114. The average Bonchev–Trinajstić information content (AvgIpc) is 2.61. The quantitative estimate of drug-likeness (QED) is 0.735. The number of hydrogen-bond acceptors (Lipinski definition) is 4. The summed E-state index contributed by atoms with van der Waals surface area (Å²) in [4.78, 5) is 24.8. The Morgan fingerprint density at radius 2 is 1.90 bits per heavy atom. The van der Waals surface area contributed by atoms with Crippen molar-refractivity contribution in [2.24, 2.45) is 0 Å². The van der Waals surface area contributed by atoms with Crippen molar-refractivity contribution in [1.82, 2.24) is 0 Å². The van der Waals surface area contributed by atoms with E-state index in [0.29, 0.717) is 6.42 Å². The first kappa shape index (κ1) is 16.1. The highest BCUT2D eigenvalue weighted by molar-refractivity contribution is 9.10. The van der Waals surface area contributed by atoms with Crippen LogP contribution >= 0.6 is 15.9 Å². The molecular formula is C13H13BrFNO4S. The number of rotatable bonds is 5. The zero-order chi connectivity index (χ0) is 15.8. The molecule has 114 valence electrons. The molecule has 1 aromatic rings. The van der Waals surface area contributed by atoms with Crippen LogP contribution in [0.15, 0.2) is 16.6 Å². The Morgan fingerprint density at radius 1 is 1.24 bits per heavy atom. The average molecular weight is 378 g/mol. The summed E-state index contributed by atoms with van der Waals surface area (Å²) in [6.45, 7) is 1.59. The Hall–Kier alpha value is -1.28. The molecule has 0 aliphatic carbocycles. The Bertz CT molecular complexity index is 717. The van der Waals surface area contributed by atoms with E-state index in [9.17, 15) is 22.4 Å². The maximum Gasteiger partial charge on any atom is 0.299 e. The molecule has 0 saturated heterocycles. The highest BCUT2D eigenvalue weighted by Crippen LogP contribution is 2.33. The second-order valence-corrected chi connectivity index (χ2v) is 7.88. The fourth-order valence-corrected chi connectivity index (χ4v) is 3.78. The first-order valence-corrected chi connectivity index (χ1v) is 8.94. The molecular weight excluding hydrogens is 365 g/mol. The molecule has 0 N–H and O–H groups in total. The molecule has 1 amide bonds. The molecule has 0 unspecified atom stereocenters. The number of hydrogen-bond donors (Lipinski definition) is 0. The normalized spacial score (nSPS) is 14.7. The number of Topliss-reactive ketones (excluding diaryl/α,β-unsaturated/α-hetero) is 1. The maximum absolute atomic E-state index is 13.6. The Kier molecular flexibility index (Phi) is 4.48. The molecule has 5 nitrogen and oxygen atoms in total. The predicted molar refractivity (Wildman–Crippen MR) is 79.7 cm³/mol. The summed E-state index contributed by atoms with van der Waals surface area (Å²) in [7, 11) is -3.29. The highest BCUT2D eigenvalue weighted by atomic mass is 79.9. The van der Waals surface area contributed by atoms with Gasteiger partial charge in [0.25, 0.3) is 11.7 Å². The number of carbonyl (C=O) groups is 2. The zero-order valence-corrected chi connectivity index (χ0v) is 13.6. The van der Waals surface area contributed by atoms with E-state index < -0.39 is 27.3 Å². The lowest BCUT2D eigenvalue weighted by atomic mass is 10.1. The van der Waals surface area contributed by atoms with Crippen LogP contribution in [-0.4, -0.2) is 38.2 Å². The smallest absolute Gasteiger partial charge is 0.299 e. The van der Waals surface area contributed by atoms with Crippen LogP contribution in [-0.2, 0) is 14.6 Å². The highest BCUT2D eigenvalue weighted by Gasteiger charge is 2.37. The molecule has 0 atom stereocenters. The third kappa shape index (κ3) is 3.16. The summed E-state index contributed by atoms with van der Waals surface area (Å²) in [5.41, 5.74) is 0.207. The molecule has 0 bridgehead atoms. The number of amides is 1. The van der Waals surface area contributed by atoms with Crippen LogP contribution in [0.25, 0.3) is 0 Å². The zero-order valence-electron chi connectivity index (χ0n) is 11.2. The SMILES string of the molecule is CCCS(=O)(=O)CCN1C(=O)C(=O)c2cc(Br)c(F)cc21. The van der Waals surface area contributed by atoms with Crippen molar-refractivity contribution in [3.63, 3.8) is 0 Å². The fourth-order valence-electron chi connectivity index (χ4n) is 2.15. The van der Waals surface area contributed by atoms with Crippen molar-refractivity contribution in [3.8, 4) is 0 Å². The van der Waals surface area contributed by atoms with Gasteiger partial charge < -0.3 is 4.90 Å². The molecule has 1 aromatic carbocycles. The maximum atomic E-state index is 13.6. The van der Waals surface area contributed by atoms with Crippen LogP contribution in [0, 0.1) is 5.82 Å². The fraction of sp³-hybridized carbons (Fsp3) is 0.385. The van der Waals surface area contributed by atoms with Crippen molar-refractivity contribution in [2.45, 2.75) is 13.3 Å². The van der Waals surface area contributed by atoms with Gasteiger partial charge in [0, 0.05) is 12.3 Å². The van der Waals surface area contributed by atoms with Gasteiger partial charge >= 0.3 is 0 Å². The molecule has 0 saturated carbocycles. The summed E-state index contributed by atoms with van der Waals surface area (Å²) in [5, 5.41) is 0. The van der Waals surface area contributed by atoms with Crippen molar-refractivity contribution in [3.05, 3.63) is 28.0 Å². The van der Waals surface area contributed by atoms with Gasteiger partial charge in [0.05, 0.1) is 21.5 Å². The van der Waals surface area contributed by atoms with E-state index in [0.717, 1.165) is 11.0 Å². The van der Waals surface area contributed by atoms with Crippen molar-refractivity contribution in [1.29, 1.82) is 0 Å². The minimum atomic E-state index is -3.29. The second kappa shape index (κ2) is 5.84. The Labute approximate surface area is 130 Å². The predicted octanol–water partition coefficient (Wildman–Crippen LogP) is 1.94. The Morgan fingerprint density at radius 3 is 2.52 bits per heavy atom. The van der Waals surface area contributed by atoms with E-state index >= 15 is 0 Å². The molecule has 21 heavy (non-hydrogen) atoms. The molecule has 1 heterocycles. The van der Waals surface area contributed by atoms with Crippen LogP contribution in [0.3, 0.4) is 0 Å². The number of nitrogens with zero attached hydrogens (tertiary/aromatic N) is 1. The summed E-state index contributed by atoms with van der Waals surface area (Å²) in [5.74, 6) is -2.42. The number of ketones is 1. The molecule has 1 aliphatic rings. The van der Waals surface area contributed by atoms with Crippen molar-refractivity contribution < 1.29 is 22.4 Å². The third-order valence-electron chi connectivity index (χ3n) is 3.15. The van der Waals surface area contributed by atoms with E-state index in [2.05, 4.69) is 15.9 Å². The summed E-state index contributed by atoms with van der Waals surface area (Å²) in [6, 6.07) is 2.31. The standard InChI is InChI=1S/C13H13BrFNO4S/c1-2-4-21(19,20)5-3-16-11-7-10(15)9(14)6-8(11)12(17)13(16)18/h6-7H,2-5H2,1H3. The first-order chi connectivity index (χ1) is 9.76. The number of fused-ring (bicyclic) bond motifs is 1. The number of halogens is 2. The summed E-state index contributed by atoms with van der Waals surface area (Å²) < 4.78 is 37.1. The monoisotopic (exact) mass is 377 g/mol. The van der Waals surface area contributed by atoms with Crippen LogP contribution < -0.4 is 4.90 Å². The number of carbonyl (C=O) groups excluding carboxylic acids is 2. The van der Waals surface area contributed by atoms with E-state index in [4.69, 9.17) is 0 Å². The topological polar surface area (TPSA) is 71.5 Å². The number of anilines is 1. The van der Waals surface area contributed by atoms with Crippen LogP contribution in [0.1, 0.15) is 23.7 Å². The Balaban J connectivity index is 2.29. The number of sulfone groups is 1. The first-order valence-electron chi connectivity index (χ1n) is 6.32. The summed E-state index contributed by atoms with van der Waals surface area (Å²) >= 11 is 2.95. The van der Waals surface area contributed by atoms with E-state index in [1.54, 1.807) is 6.92 Å². The van der Waals surface area contributed by atoms with Gasteiger partial charge in [-0.1, -0.05) is 6.92 Å². The van der Waals surface area contributed by atoms with Gasteiger partial charge in [0.2, 0.25) is 0 Å². The van der Waals surface area contributed by atoms with Gasteiger partial charge in [0.1, 0.15) is 5.82 Å². The van der Waals surface area contributed by atoms with E-state index in [1.807, 2.05) is 0 Å². The molecule has 2 rings (SSSR count). The molecule has 0 radical (unpaired) electrons. The lowest BCUT2D eigenvalue weighted by Crippen LogP contribution is -2.34. The van der Waals surface area contributed by atoms with Gasteiger partial charge in [0.15, 0.2) is 9.84 Å². The van der Waals surface area contributed by atoms with E-state index in [1.165, 1.54) is 6.07 Å². The second-order valence-electron chi connectivity index (χ2n) is 4.72. The molecule has 0 fully saturated rings. The lowest BCUT2D eigenvalue weighted by Gasteiger charge is -2.16. The van der Waals surface area contributed by atoms with Gasteiger partial charge in [-0.3, -0.25) is 9.59 Å². The van der Waals surface area contributed by atoms with Crippen molar-refractivity contribution in [2.75, 3.05) is 23.0 Å². The molecule has 1 aliphatic heterocycles. The van der Waals surface area contributed by atoms with Gasteiger partial charge in [-0.15, -0.1) is 0 Å². The number of benzene rings is 1. The van der Waals surface area contributed by atoms with E-state index in [-0.39, 0.29) is 33.8 Å². The molecule has 0 spiro atoms. The molecule has 0 aromatic heterocycles. The minimum absolute atomic E-state index is 0.0184. The van der Waals surface area contributed by atoms with Crippen molar-refractivity contribution >= 4 is 43.1 Å². The molecule has 8 heteroatoms.